The molecule has 0 unspecified atom stereocenters. The zero-order valence-electron chi connectivity index (χ0n) is 16.1. The summed E-state index contributed by atoms with van der Waals surface area (Å²) in [6.07, 6.45) is -0.645. The van der Waals surface area contributed by atoms with E-state index in [2.05, 4.69) is 13.8 Å². The van der Waals surface area contributed by atoms with Crippen molar-refractivity contribution in [3.8, 4) is 11.5 Å². The highest BCUT2D eigenvalue weighted by Gasteiger charge is 2.15. The fourth-order valence-electron chi connectivity index (χ4n) is 2.75. The van der Waals surface area contributed by atoms with Crippen LogP contribution in [-0.4, -0.2) is 21.2 Å². The van der Waals surface area contributed by atoms with Crippen LogP contribution < -0.4 is 4.74 Å². The molecule has 0 heterocycles. The Bertz CT molecular complexity index is 817. The number of phenolic OH excluding ortho intramolecular Hbond substituents is 1. The molecule has 2 aromatic rings. The normalized spacial score (nSPS) is 11.8. The predicted octanol–water partition coefficient (Wildman–Crippen LogP) is 4.36. The molecule has 0 saturated heterocycles. The van der Waals surface area contributed by atoms with Gasteiger partial charge >= 0.3 is 7.60 Å². The topological polar surface area (TPSA) is 96.2 Å². The third-order valence-electron chi connectivity index (χ3n) is 4.35. The molecule has 0 atom stereocenters. The van der Waals surface area contributed by atoms with E-state index in [-0.39, 0.29) is 5.75 Å². The largest absolute Gasteiger partial charge is 0.508 e. The zero-order valence-corrected chi connectivity index (χ0v) is 17.0. The quantitative estimate of drug-likeness (QED) is 0.576. The van der Waals surface area contributed by atoms with Gasteiger partial charge in [0.2, 0.25) is 0 Å². The molecule has 0 fully saturated rings. The van der Waals surface area contributed by atoms with Crippen LogP contribution in [0.2, 0.25) is 0 Å². The molecule has 2 aromatic carbocycles. The first-order valence-electron chi connectivity index (χ1n) is 8.74. The van der Waals surface area contributed by atoms with Crippen LogP contribution in [-0.2, 0) is 22.5 Å². The Balaban J connectivity index is 2.01. The zero-order chi connectivity index (χ0) is 20.2. The molecule has 0 aliphatic heterocycles. The summed E-state index contributed by atoms with van der Waals surface area (Å²) in [5.41, 5.74) is 4.62. The molecule has 148 valence electrons. The van der Waals surface area contributed by atoms with Crippen molar-refractivity contribution in [2.24, 2.45) is 0 Å². The van der Waals surface area contributed by atoms with E-state index in [9.17, 15) is 9.67 Å². The van der Waals surface area contributed by atoms with Gasteiger partial charge in [0.15, 0.2) is 6.35 Å². The fourth-order valence-corrected chi connectivity index (χ4v) is 3.07. The molecule has 0 aromatic heterocycles. The summed E-state index contributed by atoms with van der Waals surface area (Å²) in [7, 11) is -4.21. The molecule has 7 heteroatoms. The van der Waals surface area contributed by atoms with Gasteiger partial charge in [0.05, 0.1) is 13.2 Å². The van der Waals surface area contributed by atoms with E-state index in [1.807, 2.05) is 26.0 Å². The van der Waals surface area contributed by atoms with Crippen LogP contribution in [0.1, 0.15) is 47.6 Å². The van der Waals surface area contributed by atoms with Crippen molar-refractivity contribution < 1.29 is 28.9 Å². The van der Waals surface area contributed by atoms with E-state index < -0.39 is 13.9 Å². The smallest absolute Gasteiger partial charge is 0.362 e. The monoisotopic (exact) mass is 394 g/mol. The summed E-state index contributed by atoms with van der Waals surface area (Å²) in [6.45, 7) is 8.59. The number of ether oxygens (including phenoxy) is 2. The van der Waals surface area contributed by atoms with Gasteiger partial charge < -0.3 is 24.4 Å². The predicted molar refractivity (Wildman–Crippen MR) is 104 cm³/mol. The average Bonchev–Trinajstić information content (AvgIpc) is 2.55. The van der Waals surface area contributed by atoms with Crippen LogP contribution in [0.3, 0.4) is 0 Å². The maximum Gasteiger partial charge on any atom is 0.362 e. The number of benzene rings is 2. The molecular weight excluding hydrogens is 367 g/mol. The lowest BCUT2D eigenvalue weighted by molar-refractivity contribution is 0.104. The number of phenols is 1. The molecule has 0 spiro atoms. The van der Waals surface area contributed by atoms with Crippen molar-refractivity contribution in [2.75, 3.05) is 6.35 Å². The van der Waals surface area contributed by atoms with Crippen LogP contribution in [0.15, 0.2) is 30.3 Å². The molecule has 6 nitrogen and oxygen atoms in total. The Morgan fingerprint density at radius 3 is 2.19 bits per heavy atom. The molecule has 3 N–H and O–H groups in total. The Morgan fingerprint density at radius 2 is 1.67 bits per heavy atom. The van der Waals surface area contributed by atoms with Crippen LogP contribution in [0.4, 0.5) is 0 Å². The maximum absolute atomic E-state index is 10.9. The van der Waals surface area contributed by atoms with Crippen LogP contribution in [0.25, 0.3) is 0 Å². The lowest BCUT2D eigenvalue weighted by Gasteiger charge is -2.15. The summed E-state index contributed by atoms with van der Waals surface area (Å²) in [4.78, 5) is 17.8. The Kier molecular flexibility index (Phi) is 7.06. The van der Waals surface area contributed by atoms with Gasteiger partial charge in [-0.05, 0) is 60.2 Å². The van der Waals surface area contributed by atoms with Crippen LogP contribution in [0, 0.1) is 13.8 Å². The molecule has 0 saturated carbocycles. The first kappa shape index (κ1) is 21.5. The Morgan fingerprint density at radius 1 is 1.04 bits per heavy atom. The first-order chi connectivity index (χ1) is 12.6. The van der Waals surface area contributed by atoms with Gasteiger partial charge in [0.1, 0.15) is 11.5 Å². The van der Waals surface area contributed by atoms with E-state index in [1.165, 1.54) is 0 Å². The number of aryl methyl sites for hydroxylation is 2. The minimum atomic E-state index is -4.21. The van der Waals surface area contributed by atoms with Crippen LogP contribution >= 0.6 is 7.60 Å². The van der Waals surface area contributed by atoms with E-state index in [4.69, 9.17) is 19.3 Å². The van der Waals surface area contributed by atoms with Gasteiger partial charge in [-0.1, -0.05) is 26.0 Å². The van der Waals surface area contributed by atoms with Crippen molar-refractivity contribution >= 4 is 7.60 Å². The summed E-state index contributed by atoms with van der Waals surface area (Å²) >= 11 is 0. The van der Waals surface area contributed by atoms with Gasteiger partial charge in [0, 0.05) is 5.56 Å². The molecule has 0 amide bonds. The van der Waals surface area contributed by atoms with Gasteiger partial charge in [-0.25, -0.2) is 0 Å². The third kappa shape index (κ3) is 6.36. The average molecular weight is 394 g/mol. The van der Waals surface area contributed by atoms with Crippen molar-refractivity contribution in [1.82, 2.24) is 0 Å². The highest BCUT2D eigenvalue weighted by atomic mass is 31.2. The second-order valence-electron chi connectivity index (χ2n) is 7.01. The molecule has 0 bridgehead atoms. The lowest BCUT2D eigenvalue weighted by Crippen LogP contribution is -2.03. The summed E-state index contributed by atoms with van der Waals surface area (Å²) in [6, 6.07) is 9.11. The Hall–Kier alpha value is -1.85. The highest BCUT2D eigenvalue weighted by molar-refractivity contribution is 7.51. The first-order valence-corrected chi connectivity index (χ1v) is 10.5. The minimum absolute atomic E-state index is 0.232. The SMILES string of the molecule is Cc1cc(OCP(=O)(O)O)cc(C)c1COCc1ccc(C(C)C)cc1O. The van der Waals surface area contributed by atoms with Crippen molar-refractivity contribution in [2.45, 2.75) is 46.8 Å². The third-order valence-corrected chi connectivity index (χ3v) is 4.81. The van der Waals surface area contributed by atoms with E-state index in [0.29, 0.717) is 24.9 Å². The molecule has 2 rings (SSSR count). The van der Waals surface area contributed by atoms with Gasteiger partial charge in [-0.3, -0.25) is 4.57 Å². The van der Waals surface area contributed by atoms with Gasteiger partial charge in [-0.15, -0.1) is 0 Å². The molecule has 0 radical (unpaired) electrons. The number of aromatic hydroxyl groups is 1. The summed E-state index contributed by atoms with van der Waals surface area (Å²) in [5, 5.41) is 10.1. The second kappa shape index (κ2) is 8.89. The van der Waals surface area contributed by atoms with E-state index in [1.54, 1.807) is 18.2 Å². The second-order valence-corrected chi connectivity index (χ2v) is 8.60. The van der Waals surface area contributed by atoms with Crippen molar-refractivity contribution in [3.63, 3.8) is 0 Å². The number of hydrogen-bond acceptors (Lipinski definition) is 4. The van der Waals surface area contributed by atoms with Crippen molar-refractivity contribution in [1.29, 1.82) is 0 Å². The van der Waals surface area contributed by atoms with E-state index >= 15 is 0 Å². The fraction of sp³-hybridized carbons (Fsp3) is 0.400. The van der Waals surface area contributed by atoms with Crippen LogP contribution in [0.5, 0.6) is 11.5 Å². The molecule has 27 heavy (non-hydrogen) atoms. The summed E-state index contributed by atoms with van der Waals surface area (Å²) < 4.78 is 21.9. The van der Waals surface area contributed by atoms with E-state index in [0.717, 1.165) is 27.8 Å². The molecular formula is C20H27O6P. The summed E-state index contributed by atoms with van der Waals surface area (Å²) in [5.74, 6) is 0.997. The van der Waals surface area contributed by atoms with Crippen molar-refractivity contribution in [3.05, 3.63) is 58.1 Å². The number of hydrogen-bond donors (Lipinski definition) is 3. The Labute approximate surface area is 159 Å². The number of rotatable bonds is 8. The highest BCUT2D eigenvalue weighted by Crippen LogP contribution is 2.35. The molecule has 0 aliphatic rings. The maximum atomic E-state index is 10.9. The molecule has 0 aliphatic carbocycles. The van der Waals surface area contributed by atoms with Gasteiger partial charge in [0.25, 0.3) is 0 Å². The standard InChI is InChI=1S/C20H27O6P/c1-13(2)16-5-6-17(20(21)9-16)10-25-11-19-14(3)7-18(8-15(19)4)26-12-27(22,23)24/h5-9,13,21H,10-12H2,1-4H3,(H2,22,23,24). The lowest BCUT2D eigenvalue weighted by atomic mass is 10.0. The van der Waals surface area contributed by atoms with Gasteiger partial charge in [-0.2, -0.15) is 0 Å². The minimum Gasteiger partial charge on any atom is -0.508 e.